The van der Waals surface area contributed by atoms with Crippen LogP contribution in [-0.2, 0) is 0 Å². The number of H-pyrrole nitrogens is 1. The average Bonchev–Trinajstić information content (AvgIpc) is 2.68. The van der Waals surface area contributed by atoms with Crippen LogP contribution in [0.4, 0.5) is 0 Å². The van der Waals surface area contributed by atoms with Gasteiger partial charge >= 0.3 is 0 Å². The summed E-state index contributed by atoms with van der Waals surface area (Å²) in [5.41, 5.74) is 1.93. The van der Waals surface area contributed by atoms with Gasteiger partial charge in [0.2, 0.25) is 0 Å². The summed E-state index contributed by atoms with van der Waals surface area (Å²) in [7, 11) is 3.26. The lowest BCUT2D eigenvalue weighted by atomic mass is 10.2. The van der Waals surface area contributed by atoms with E-state index in [4.69, 9.17) is 21.7 Å². The van der Waals surface area contributed by atoms with Crippen molar-refractivity contribution in [2.24, 2.45) is 0 Å². The van der Waals surface area contributed by atoms with Crippen molar-refractivity contribution in [3.8, 4) is 17.2 Å². The molecule has 1 heterocycles. The zero-order valence-corrected chi connectivity index (χ0v) is 10.8. The number of nitrogens with one attached hydrogen (secondary N) is 1. The number of ether oxygens (including phenoxy) is 2. The van der Waals surface area contributed by atoms with Crippen LogP contribution >= 0.6 is 12.2 Å². The fourth-order valence-electron chi connectivity index (χ4n) is 1.72. The van der Waals surface area contributed by atoms with Crippen LogP contribution in [0.3, 0.4) is 0 Å². The maximum Gasteiger partial charge on any atom is 0.182 e. The molecule has 0 saturated heterocycles. The van der Waals surface area contributed by atoms with Gasteiger partial charge in [0.05, 0.1) is 19.9 Å². The fraction of sp³-hybridized carbons (Fsp3) is 0.250. The molecule has 0 aliphatic heterocycles. The molecule has 0 saturated carbocycles. The van der Waals surface area contributed by atoms with Crippen molar-refractivity contribution in [3.05, 3.63) is 34.9 Å². The van der Waals surface area contributed by atoms with Crippen molar-refractivity contribution < 1.29 is 9.47 Å². The Morgan fingerprint density at radius 2 is 2.00 bits per heavy atom. The molecule has 0 amide bonds. The number of benzene rings is 1. The highest BCUT2D eigenvalue weighted by molar-refractivity contribution is 7.71. The molecule has 0 aliphatic rings. The molecule has 0 atom stereocenters. The normalized spacial score (nSPS) is 10.3. The minimum atomic E-state index is 0.644. The third-order valence-electron chi connectivity index (χ3n) is 2.59. The first-order valence-corrected chi connectivity index (χ1v) is 5.57. The molecule has 0 radical (unpaired) electrons. The van der Waals surface area contributed by atoms with E-state index in [1.54, 1.807) is 14.2 Å². The number of rotatable bonds is 3. The van der Waals surface area contributed by atoms with Gasteiger partial charge in [-0.25, -0.2) is 0 Å². The first-order valence-electron chi connectivity index (χ1n) is 5.17. The van der Waals surface area contributed by atoms with Crippen molar-refractivity contribution in [1.29, 1.82) is 0 Å². The van der Waals surface area contributed by atoms with E-state index in [2.05, 4.69) is 4.98 Å². The van der Waals surface area contributed by atoms with Gasteiger partial charge in [0.1, 0.15) is 11.5 Å². The third kappa shape index (κ3) is 2.06. The second kappa shape index (κ2) is 4.63. The van der Waals surface area contributed by atoms with Gasteiger partial charge in [-0.15, -0.1) is 0 Å². The molecular weight excluding hydrogens is 236 g/mol. The van der Waals surface area contributed by atoms with E-state index in [-0.39, 0.29) is 0 Å². The first-order chi connectivity index (χ1) is 8.17. The Morgan fingerprint density at radius 3 is 2.53 bits per heavy atom. The fourth-order valence-corrected chi connectivity index (χ4v) is 2.03. The van der Waals surface area contributed by atoms with Gasteiger partial charge in [0.15, 0.2) is 4.77 Å². The quantitative estimate of drug-likeness (QED) is 0.851. The lowest BCUT2D eigenvalue weighted by Crippen LogP contribution is -2.00. The van der Waals surface area contributed by atoms with Gasteiger partial charge in [-0.2, -0.15) is 0 Å². The number of methoxy groups -OCH3 is 2. The predicted octanol–water partition coefficient (Wildman–Crippen LogP) is 2.86. The number of nitrogens with zero attached hydrogens (tertiary/aromatic N) is 1. The smallest absolute Gasteiger partial charge is 0.182 e. The maximum atomic E-state index is 5.36. The monoisotopic (exact) mass is 250 g/mol. The van der Waals surface area contributed by atoms with Crippen LogP contribution in [0.5, 0.6) is 11.5 Å². The average molecular weight is 250 g/mol. The van der Waals surface area contributed by atoms with E-state index in [1.807, 2.05) is 35.9 Å². The number of hydrogen-bond donors (Lipinski definition) is 1. The molecule has 1 aromatic heterocycles. The number of aryl methyl sites for hydroxylation is 1. The highest BCUT2D eigenvalue weighted by atomic mass is 32.1. The highest BCUT2D eigenvalue weighted by Gasteiger charge is 2.09. The molecule has 0 bridgehead atoms. The van der Waals surface area contributed by atoms with Crippen LogP contribution in [0.25, 0.3) is 5.69 Å². The van der Waals surface area contributed by atoms with Crippen LogP contribution in [0.1, 0.15) is 5.69 Å². The molecule has 0 aliphatic carbocycles. The summed E-state index contributed by atoms with van der Waals surface area (Å²) in [6.45, 7) is 1.98. The summed E-state index contributed by atoms with van der Waals surface area (Å²) in [6.07, 6.45) is 1.87. The summed E-state index contributed by atoms with van der Waals surface area (Å²) >= 11 is 5.24. The largest absolute Gasteiger partial charge is 0.497 e. The summed E-state index contributed by atoms with van der Waals surface area (Å²) in [5.74, 6) is 1.48. The number of aromatic amines is 1. The van der Waals surface area contributed by atoms with E-state index < -0.39 is 0 Å². The SMILES string of the molecule is COc1ccc(-n2c(C)c[nH]c2=S)c(OC)c1. The number of aromatic nitrogens is 2. The first kappa shape index (κ1) is 11.7. The minimum absolute atomic E-state index is 0.644. The van der Waals surface area contributed by atoms with Crippen molar-refractivity contribution in [2.45, 2.75) is 6.92 Å². The maximum absolute atomic E-state index is 5.36. The second-order valence-corrected chi connectivity index (χ2v) is 4.00. The number of imidazole rings is 1. The van der Waals surface area contributed by atoms with Crippen LogP contribution in [0.15, 0.2) is 24.4 Å². The van der Waals surface area contributed by atoms with Crippen molar-refractivity contribution >= 4 is 12.2 Å². The van der Waals surface area contributed by atoms with Gasteiger partial charge in [-0.3, -0.25) is 4.57 Å². The number of hydrogen-bond acceptors (Lipinski definition) is 3. The molecule has 17 heavy (non-hydrogen) atoms. The minimum Gasteiger partial charge on any atom is -0.497 e. The Bertz CT molecular complexity index is 586. The van der Waals surface area contributed by atoms with Crippen molar-refractivity contribution in [2.75, 3.05) is 14.2 Å². The Labute approximate surface area is 105 Å². The van der Waals surface area contributed by atoms with E-state index in [0.717, 1.165) is 22.9 Å². The van der Waals surface area contributed by atoms with Gasteiger partial charge in [0, 0.05) is 18.0 Å². The molecule has 4 nitrogen and oxygen atoms in total. The van der Waals surface area contributed by atoms with Gasteiger partial charge in [0.25, 0.3) is 0 Å². The van der Waals surface area contributed by atoms with Crippen molar-refractivity contribution in [3.63, 3.8) is 0 Å². The molecular formula is C12H14N2O2S. The molecule has 2 aromatic rings. The summed E-state index contributed by atoms with van der Waals surface area (Å²) in [6, 6.07) is 5.64. The molecule has 0 spiro atoms. The van der Waals surface area contributed by atoms with Crippen LogP contribution < -0.4 is 9.47 Å². The standard InChI is InChI=1S/C12H14N2O2S/c1-8-7-13-12(17)14(8)10-5-4-9(15-2)6-11(10)16-3/h4-7H,1-3H3,(H,13,17). The van der Waals surface area contributed by atoms with E-state index in [0.29, 0.717) is 4.77 Å². The van der Waals surface area contributed by atoms with E-state index in [1.165, 1.54) is 0 Å². The molecule has 90 valence electrons. The Morgan fingerprint density at radius 1 is 1.24 bits per heavy atom. The Hall–Kier alpha value is -1.75. The van der Waals surface area contributed by atoms with Gasteiger partial charge < -0.3 is 14.5 Å². The Balaban J connectivity index is 2.63. The Kier molecular flexibility index (Phi) is 3.19. The van der Waals surface area contributed by atoms with Gasteiger partial charge in [-0.05, 0) is 31.3 Å². The van der Waals surface area contributed by atoms with Crippen LogP contribution in [0, 0.1) is 11.7 Å². The molecule has 1 N–H and O–H groups in total. The summed E-state index contributed by atoms with van der Waals surface area (Å²) in [5, 5.41) is 0. The third-order valence-corrected chi connectivity index (χ3v) is 2.89. The molecule has 5 heteroatoms. The van der Waals surface area contributed by atoms with E-state index in [9.17, 15) is 0 Å². The zero-order chi connectivity index (χ0) is 12.4. The topological polar surface area (TPSA) is 39.2 Å². The summed E-state index contributed by atoms with van der Waals surface area (Å²) in [4.78, 5) is 3.01. The molecule has 2 rings (SSSR count). The van der Waals surface area contributed by atoms with Crippen molar-refractivity contribution in [1.82, 2.24) is 9.55 Å². The highest BCUT2D eigenvalue weighted by Crippen LogP contribution is 2.28. The zero-order valence-electron chi connectivity index (χ0n) is 9.98. The molecule has 1 aromatic carbocycles. The predicted molar refractivity (Wildman–Crippen MR) is 68.8 cm³/mol. The van der Waals surface area contributed by atoms with Crippen LogP contribution in [-0.4, -0.2) is 23.8 Å². The lowest BCUT2D eigenvalue weighted by molar-refractivity contribution is 0.393. The van der Waals surface area contributed by atoms with Gasteiger partial charge in [-0.1, -0.05) is 0 Å². The van der Waals surface area contributed by atoms with Crippen LogP contribution in [0.2, 0.25) is 0 Å². The molecule has 0 unspecified atom stereocenters. The molecule has 0 fully saturated rings. The second-order valence-electron chi connectivity index (χ2n) is 3.61. The summed E-state index contributed by atoms with van der Waals surface area (Å²) < 4.78 is 13.1. The lowest BCUT2D eigenvalue weighted by Gasteiger charge is -2.12. The van der Waals surface area contributed by atoms with E-state index >= 15 is 0 Å².